The monoisotopic (exact) mass is 197 g/mol. The molecule has 0 aromatic carbocycles. The number of hydrogen-bond donors (Lipinski definition) is 0. The Hall–Kier alpha value is -0.310. The zero-order valence-corrected chi connectivity index (χ0v) is 7.36. The molecule has 0 saturated heterocycles. The van der Waals surface area contributed by atoms with Gasteiger partial charge in [-0.1, -0.05) is 0 Å². The third-order valence-electron chi connectivity index (χ3n) is 0.831. The van der Waals surface area contributed by atoms with Crippen molar-refractivity contribution in [2.45, 2.75) is 6.42 Å². The van der Waals surface area contributed by atoms with Gasteiger partial charge in [-0.25, -0.2) is 0 Å². The molecule has 0 aliphatic rings. The summed E-state index contributed by atoms with van der Waals surface area (Å²) < 4.78 is 25.7. The zero-order valence-electron chi connectivity index (χ0n) is 5.79. The van der Waals surface area contributed by atoms with Crippen molar-refractivity contribution in [1.29, 1.82) is 5.26 Å². The van der Waals surface area contributed by atoms with E-state index < -0.39 is 16.7 Å². The fraction of sp³-hybridized carbons (Fsp3) is 0.800. The van der Waals surface area contributed by atoms with Crippen molar-refractivity contribution in [2.75, 3.05) is 18.2 Å². The molecule has 0 rings (SSSR count). The summed E-state index contributed by atoms with van der Waals surface area (Å²) >= 11 is 5.26. The van der Waals surface area contributed by atoms with Gasteiger partial charge in [0.2, 0.25) is 0 Å². The lowest BCUT2D eigenvalue weighted by atomic mass is 10.6. The Morgan fingerprint density at radius 3 is 2.64 bits per heavy atom. The van der Waals surface area contributed by atoms with Gasteiger partial charge in [0.05, 0.1) is 11.8 Å². The van der Waals surface area contributed by atoms with Crippen molar-refractivity contribution in [3.63, 3.8) is 0 Å². The molecule has 0 unspecified atom stereocenters. The van der Waals surface area contributed by atoms with Crippen LogP contribution in [0, 0.1) is 11.3 Å². The highest BCUT2D eigenvalue weighted by molar-refractivity contribution is 7.86. The van der Waals surface area contributed by atoms with Crippen molar-refractivity contribution >= 4 is 21.7 Å². The summed E-state index contributed by atoms with van der Waals surface area (Å²) in [5.74, 6) is 0.146. The first-order chi connectivity index (χ1) is 5.12. The van der Waals surface area contributed by atoms with E-state index in [1.165, 1.54) is 0 Å². The van der Waals surface area contributed by atoms with E-state index in [1.54, 1.807) is 6.07 Å². The van der Waals surface area contributed by atoms with Gasteiger partial charge >= 0.3 is 0 Å². The second kappa shape index (κ2) is 5.35. The van der Waals surface area contributed by atoms with Crippen LogP contribution in [0.4, 0.5) is 0 Å². The molecular formula is C5H8ClNO3S. The minimum atomic E-state index is -3.51. The van der Waals surface area contributed by atoms with Crippen LogP contribution in [0.5, 0.6) is 0 Å². The first-order valence-corrected chi connectivity index (χ1v) is 5.03. The Labute approximate surface area is 70.8 Å². The number of hydrogen-bond acceptors (Lipinski definition) is 4. The van der Waals surface area contributed by atoms with Crippen LogP contribution in [0.1, 0.15) is 6.42 Å². The smallest absolute Gasteiger partial charge is 0.255 e. The minimum Gasteiger partial charge on any atom is -0.255 e. The van der Waals surface area contributed by atoms with Gasteiger partial charge in [0.25, 0.3) is 10.1 Å². The lowest BCUT2D eigenvalue weighted by molar-refractivity contribution is 0.361. The first-order valence-electron chi connectivity index (χ1n) is 2.92. The highest BCUT2D eigenvalue weighted by Gasteiger charge is 2.08. The normalized spacial score (nSPS) is 10.9. The Morgan fingerprint density at radius 1 is 1.55 bits per heavy atom. The van der Waals surface area contributed by atoms with Crippen molar-refractivity contribution in [3.8, 4) is 6.07 Å². The SMILES string of the molecule is N#CCOS(=O)(=O)CCCCl. The van der Waals surface area contributed by atoms with Gasteiger partial charge in [-0.05, 0) is 6.42 Å². The van der Waals surface area contributed by atoms with Gasteiger partial charge < -0.3 is 0 Å². The average molecular weight is 198 g/mol. The molecule has 0 heterocycles. The Bertz CT molecular complexity index is 231. The summed E-state index contributed by atoms with van der Waals surface area (Å²) in [4.78, 5) is 0. The molecule has 0 aromatic heterocycles. The van der Waals surface area contributed by atoms with Crippen molar-refractivity contribution in [1.82, 2.24) is 0 Å². The number of rotatable bonds is 5. The quantitative estimate of drug-likeness (QED) is 0.475. The molecule has 0 spiro atoms. The van der Waals surface area contributed by atoms with E-state index in [2.05, 4.69) is 4.18 Å². The summed E-state index contributed by atoms with van der Waals surface area (Å²) in [5.41, 5.74) is 0. The summed E-state index contributed by atoms with van der Waals surface area (Å²) in [6.07, 6.45) is 0.343. The third-order valence-corrected chi connectivity index (χ3v) is 2.36. The number of nitriles is 1. The molecule has 4 nitrogen and oxygen atoms in total. The van der Waals surface area contributed by atoms with Crippen LogP contribution in [0.3, 0.4) is 0 Å². The average Bonchev–Trinajstić information content (AvgIpc) is 1.97. The van der Waals surface area contributed by atoms with Gasteiger partial charge in [-0.3, -0.25) is 4.18 Å². The van der Waals surface area contributed by atoms with Gasteiger partial charge in [0.1, 0.15) is 0 Å². The van der Waals surface area contributed by atoms with Gasteiger partial charge in [-0.15, -0.1) is 11.6 Å². The molecule has 11 heavy (non-hydrogen) atoms. The van der Waals surface area contributed by atoms with Crippen LogP contribution in [0.2, 0.25) is 0 Å². The zero-order chi connectivity index (χ0) is 8.74. The molecule has 6 heteroatoms. The van der Waals surface area contributed by atoms with Gasteiger partial charge in [0.15, 0.2) is 6.61 Å². The molecule has 0 amide bonds. The lowest BCUT2D eigenvalue weighted by Gasteiger charge is -1.98. The predicted octanol–water partition coefficient (Wildman–Crippen LogP) is 0.485. The predicted molar refractivity (Wildman–Crippen MR) is 40.7 cm³/mol. The number of alkyl halides is 1. The lowest BCUT2D eigenvalue weighted by Crippen LogP contribution is -2.11. The highest BCUT2D eigenvalue weighted by atomic mass is 35.5. The first kappa shape index (κ1) is 10.7. The molecule has 0 atom stereocenters. The number of halogens is 1. The van der Waals surface area contributed by atoms with Crippen molar-refractivity contribution in [3.05, 3.63) is 0 Å². The highest BCUT2D eigenvalue weighted by Crippen LogP contribution is 1.96. The van der Waals surface area contributed by atoms with Crippen LogP contribution in [0.25, 0.3) is 0 Å². The molecule has 0 aromatic rings. The van der Waals surface area contributed by atoms with E-state index in [9.17, 15) is 8.42 Å². The van der Waals surface area contributed by atoms with Crippen LogP contribution in [-0.4, -0.2) is 26.7 Å². The largest absolute Gasteiger partial charge is 0.268 e. The van der Waals surface area contributed by atoms with E-state index in [0.717, 1.165) is 0 Å². The minimum absolute atomic E-state index is 0.127. The Balaban J connectivity index is 3.74. The van der Waals surface area contributed by atoms with E-state index in [0.29, 0.717) is 6.42 Å². The topological polar surface area (TPSA) is 67.2 Å². The summed E-state index contributed by atoms with van der Waals surface area (Å²) in [6, 6.07) is 1.57. The second-order valence-electron chi connectivity index (χ2n) is 1.72. The van der Waals surface area contributed by atoms with E-state index in [-0.39, 0.29) is 11.6 Å². The molecular weight excluding hydrogens is 190 g/mol. The van der Waals surface area contributed by atoms with Crippen LogP contribution >= 0.6 is 11.6 Å². The fourth-order valence-corrected chi connectivity index (χ4v) is 1.55. The standard InChI is InChI=1S/C5H8ClNO3S/c6-2-1-5-11(8,9)10-4-3-7/h1-2,4-5H2. The molecule has 0 radical (unpaired) electrons. The van der Waals surface area contributed by atoms with Crippen molar-refractivity contribution in [2.24, 2.45) is 0 Å². The second-order valence-corrected chi connectivity index (χ2v) is 3.86. The maximum Gasteiger partial charge on any atom is 0.268 e. The van der Waals surface area contributed by atoms with Crippen LogP contribution < -0.4 is 0 Å². The van der Waals surface area contributed by atoms with Crippen LogP contribution in [0.15, 0.2) is 0 Å². The van der Waals surface area contributed by atoms with E-state index in [4.69, 9.17) is 16.9 Å². The molecule has 0 aliphatic carbocycles. The van der Waals surface area contributed by atoms with Gasteiger partial charge in [0, 0.05) is 5.88 Å². The maximum absolute atomic E-state index is 10.7. The summed E-state index contributed by atoms with van der Waals surface area (Å²) in [7, 11) is -3.51. The third kappa shape index (κ3) is 6.10. The van der Waals surface area contributed by atoms with Crippen molar-refractivity contribution < 1.29 is 12.6 Å². The van der Waals surface area contributed by atoms with Crippen LogP contribution in [-0.2, 0) is 14.3 Å². The maximum atomic E-state index is 10.7. The Morgan fingerprint density at radius 2 is 2.18 bits per heavy atom. The summed E-state index contributed by atoms with van der Waals surface area (Å²) in [6.45, 7) is -0.426. The molecule has 0 N–H and O–H groups in total. The number of nitrogens with zero attached hydrogens (tertiary/aromatic N) is 1. The van der Waals surface area contributed by atoms with E-state index >= 15 is 0 Å². The Kier molecular flexibility index (Phi) is 5.20. The van der Waals surface area contributed by atoms with Gasteiger partial charge in [-0.2, -0.15) is 13.7 Å². The molecule has 0 aliphatic heterocycles. The molecule has 0 saturated carbocycles. The van der Waals surface area contributed by atoms with E-state index in [1.807, 2.05) is 0 Å². The molecule has 0 fully saturated rings. The molecule has 64 valence electrons. The summed E-state index contributed by atoms with van der Waals surface area (Å²) in [5, 5.41) is 7.99. The fourth-order valence-electron chi connectivity index (χ4n) is 0.406. The molecule has 0 bridgehead atoms.